The van der Waals surface area contributed by atoms with E-state index in [4.69, 9.17) is 0 Å². The van der Waals surface area contributed by atoms with Crippen molar-refractivity contribution >= 4 is 23.0 Å². The average molecular weight is 286 g/mol. The van der Waals surface area contributed by atoms with Crippen molar-refractivity contribution in [3.05, 3.63) is 63.2 Å². The lowest BCUT2D eigenvalue weighted by Gasteiger charge is -2.11. The van der Waals surface area contributed by atoms with Crippen LogP contribution in [0.3, 0.4) is 0 Å². The fourth-order valence-electron chi connectivity index (χ4n) is 1.98. The van der Waals surface area contributed by atoms with E-state index in [-0.39, 0.29) is 11.3 Å². The highest BCUT2D eigenvalue weighted by Gasteiger charge is 2.14. The van der Waals surface area contributed by atoms with Gasteiger partial charge in [-0.1, -0.05) is 17.7 Å². The number of hydrogen-bond acceptors (Lipinski definition) is 4. The summed E-state index contributed by atoms with van der Waals surface area (Å²) in [6, 6.07) is 9.65. The van der Waals surface area contributed by atoms with E-state index < -0.39 is 10.9 Å². The Morgan fingerprint density at radius 2 is 1.90 bits per heavy atom. The van der Waals surface area contributed by atoms with Crippen LogP contribution in [-0.4, -0.2) is 16.0 Å². The molecule has 21 heavy (non-hydrogen) atoms. The van der Waals surface area contributed by atoms with Crippen LogP contribution in [0.5, 0.6) is 0 Å². The van der Waals surface area contributed by atoms with E-state index in [1.165, 1.54) is 6.07 Å². The zero-order chi connectivity index (χ0) is 15.6. The summed E-state index contributed by atoms with van der Waals surface area (Å²) in [7, 11) is 0. The number of anilines is 2. The van der Waals surface area contributed by atoms with Crippen LogP contribution in [0.4, 0.5) is 17.1 Å². The van der Waals surface area contributed by atoms with Crippen LogP contribution < -0.4 is 5.32 Å². The third kappa shape index (κ3) is 3.17. The zero-order valence-electron chi connectivity index (χ0n) is 11.6. The second-order valence-corrected chi connectivity index (χ2v) is 4.74. The number of nitrogens with zero attached hydrogens (tertiary/aromatic N) is 1. The number of benzene rings is 2. The Morgan fingerprint density at radius 3 is 2.52 bits per heavy atom. The summed E-state index contributed by atoms with van der Waals surface area (Å²) >= 11 is 0. The number of carboxylic acid groups (broad SMARTS) is 1. The van der Waals surface area contributed by atoms with Gasteiger partial charge in [-0.25, -0.2) is 4.79 Å². The molecule has 0 fully saturated rings. The van der Waals surface area contributed by atoms with E-state index in [2.05, 4.69) is 5.32 Å². The molecule has 108 valence electrons. The summed E-state index contributed by atoms with van der Waals surface area (Å²) in [5.74, 6) is -1.05. The average Bonchev–Trinajstić information content (AvgIpc) is 2.42. The van der Waals surface area contributed by atoms with E-state index in [1.807, 2.05) is 0 Å². The van der Waals surface area contributed by atoms with Gasteiger partial charge in [0.1, 0.15) is 0 Å². The van der Waals surface area contributed by atoms with Crippen LogP contribution >= 0.6 is 0 Å². The molecule has 0 aromatic heterocycles. The Morgan fingerprint density at radius 1 is 1.19 bits per heavy atom. The lowest BCUT2D eigenvalue weighted by molar-refractivity contribution is -0.385. The van der Waals surface area contributed by atoms with Crippen molar-refractivity contribution in [3.63, 3.8) is 0 Å². The summed E-state index contributed by atoms with van der Waals surface area (Å²) in [6.07, 6.45) is 0. The lowest BCUT2D eigenvalue weighted by Crippen LogP contribution is -2.03. The normalized spacial score (nSPS) is 10.2. The number of aromatic carboxylic acids is 1. The van der Waals surface area contributed by atoms with Gasteiger partial charge in [-0.15, -0.1) is 0 Å². The molecule has 0 aliphatic rings. The van der Waals surface area contributed by atoms with Crippen LogP contribution in [0, 0.1) is 24.0 Å². The fourth-order valence-corrected chi connectivity index (χ4v) is 1.98. The molecule has 2 aromatic carbocycles. The maximum Gasteiger partial charge on any atom is 0.337 e. The molecule has 0 unspecified atom stereocenters. The van der Waals surface area contributed by atoms with Gasteiger partial charge in [0.2, 0.25) is 0 Å². The molecule has 2 N–H and O–H groups in total. The molecule has 0 aliphatic carbocycles. The van der Waals surface area contributed by atoms with Crippen LogP contribution in [0.15, 0.2) is 36.4 Å². The minimum Gasteiger partial charge on any atom is -0.478 e. The standard InChI is InChI=1S/C15H14N2O4/c1-9-3-6-13(12(7-9)15(18)19)16-11-5-4-10(2)14(8-11)17(20)21/h3-8,16H,1-2H3,(H,18,19). The molecule has 0 heterocycles. The number of carbonyl (C=O) groups is 1. The van der Waals surface area contributed by atoms with Crippen LogP contribution in [0.25, 0.3) is 0 Å². The molecular weight excluding hydrogens is 272 g/mol. The minimum atomic E-state index is -1.05. The quantitative estimate of drug-likeness (QED) is 0.661. The Bertz CT molecular complexity index is 726. The first-order valence-corrected chi connectivity index (χ1v) is 6.24. The molecule has 2 rings (SSSR count). The first kappa shape index (κ1) is 14.5. The third-order valence-electron chi connectivity index (χ3n) is 3.09. The molecule has 0 saturated carbocycles. The topological polar surface area (TPSA) is 92.5 Å². The summed E-state index contributed by atoms with van der Waals surface area (Å²) < 4.78 is 0. The van der Waals surface area contributed by atoms with Crippen molar-refractivity contribution in [3.8, 4) is 0 Å². The van der Waals surface area contributed by atoms with Gasteiger partial charge < -0.3 is 10.4 Å². The van der Waals surface area contributed by atoms with Gasteiger partial charge in [-0.05, 0) is 32.0 Å². The van der Waals surface area contributed by atoms with Gasteiger partial charge in [0, 0.05) is 17.3 Å². The van der Waals surface area contributed by atoms with E-state index in [1.54, 1.807) is 44.2 Å². The monoisotopic (exact) mass is 286 g/mol. The van der Waals surface area contributed by atoms with Crippen molar-refractivity contribution in [2.24, 2.45) is 0 Å². The second kappa shape index (κ2) is 5.62. The number of nitrogens with one attached hydrogen (secondary N) is 1. The van der Waals surface area contributed by atoms with Gasteiger partial charge in [0.25, 0.3) is 5.69 Å². The Kier molecular flexibility index (Phi) is 3.89. The van der Waals surface area contributed by atoms with Gasteiger partial charge in [-0.3, -0.25) is 10.1 Å². The van der Waals surface area contributed by atoms with Crippen molar-refractivity contribution in [2.75, 3.05) is 5.32 Å². The minimum absolute atomic E-state index is 0.0102. The molecule has 6 nitrogen and oxygen atoms in total. The Balaban J connectivity index is 2.41. The molecule has 2 aromatic rings. The summed E-state index contributed by atoms with van der Waals surface area (Å²) in [4.78, 5) is 21.7. The molecule has 0 spiro atoms. The van der Waals surface area contributed by atoms with E-state index in [0.717, 1.165) is 5.56 Å². The summed E-state index contributed by atoms with van der Waals surface area (Å²) in [6.45, 7) is 3.45. The van der Waals surface area contributed by atoms with Crippen LogP contribution in [0.1, 0.15) is 21.5 Å². The summed E-state index contributed by atoms with van der Waals surface area (Å²) in [5, 5.41) is 23.1. The van der Waals surface area contributed by atoms with E-state index >= 15 is 0 Å². The maximum absolute atomic E-state index is 11.2. The number of carboxylic acids is 1. The largest absolute Gasteiger partial charge is 0.478 e. The number of hydrogen-bond donors (Lipinski definition) is 2. The lowest BCUT2D eigenvalue weighted by atomic mass is 10.1. The van der Waals surface area contributed by atoms with Crippen molar-refractivity contribution < 1.29 is 14.8 Å². The molecular formula is C15H14N2O4. The molecule has 0 saturated heterocycles. The second-order valence-electron chi connectivity index (χ2n) is 4.74. The van der Waals surface area contributed by atoms with Gasteiger partial charge in [-0.2, -0.15) is 0 Å². The van der Waals surface area contributed by atoms with Crippen molar-refractivity contribution in [1.29, 1.82) is 0 Å². The van der Waals surface area contributed by atoms with E-state index in [9.17, 15) is 20.0 Å². The van der Waals surface area contributed by atoms with Crippen molar-refractivity contribution in [1.82, 2.24) is 0 Å². The fraction of sp³-hybridized carbons (Fsp3) is 0.133. The predicted octanol–water partition coefficient (Wildman–Crippen LogP) is 3.65. The van der Waals surface area contributed by atoms with Crippen molar-refractivity contribution in [2.45, 2.75) is 13.8 Å². The van der Waals surface area contributed by atoms with Gasteiger partial charge >= 0.3 is 5.97 Å². The Labute approximate surface area is 121 Å². The highest BCUT2D eigenvalue weighted by Crippen LogP contribution is 2.27. The van der Waals surface area contributed by atoms with Crippen LogP contribution in [-0.2, 0) is 0 Å². The smallest absolute Gasteiger partial charge is 0.337 e. The zero-order valence-corrected chi connectivity index (χ0v) is 11.6. The number of aryl methyl sites for hydroxylation is 2. The first-order chi connectivity index (χ1) is 9.88. The predicted molar refractivity (Wildman–Crippen MR) is 79.3 cm³/mol. The molecule has 0 aliphatic heterocycles. The van der Waals surface area contributed by atoms with E-state index in [0.29, 0.717) is 16.9 Å². The summed E-state index contributed by atoms with van der Waals surface area (Å²) in [5.41, 5.74) is 2.35. The molecule has 6 heteroatoms. The molecule has 0 atom stereocenters. The SMILES string of the molecule is Cc1ccc(Nc2ccc(C)c([N+](=O)[O-])c2)c(C(=O)O)c1. The third-order valence-corrected chi connectivity index (χ3v) is 3.09. The van der Waals surface area contributed by atoms with Gasteiger partial charge in [0.05, 0.1) is 16.2 Å². The highest BCUT2D eigenvalue weighted by molar-refractivity contribution is 5.95. The van der Waals surface area contributed by atoms with Gasteiger partial charge in [0.15, 0.2) is 0 Å². The maximum atomic E-state index is 11.2. The molecule has 0 amide bonds. The highest BCUT2D eigenvalue weighted by atomic mass is 16.6. The number of nitro groups is 1. The first-order valence-electron chi connectivity index (χ1n) is 6.24. The number of rotatable bonds is 4. The number of nitro benzene ring substituents is 1. The van der Waals surface area contributed by atoms with Crippen LogP contribution in [0.2, 0.25) is 0 Å². The molecule has 0 radical (unpaired) electrons. The Hall–Kier alpha value is -2.89. The molecule has 0 bridgehead atoms.